The highest BCUT2D eigenvalue weighted by Crippen LogP contribution is 2.14. The lowest BCUT2D eigenvalue weighted by atomic mass is 10.0. The largest absolute Gasteiger partial charge is 0.453 e. The van der Waals surface area contributed by atoms with Gasteiger partial charge in [0.2, 0.25) is 0 Å². The minimum Gasteiger partial charge on any atom is -0.453 e. The highest BCUT2D eigenvalue weighted by Gasteiger charge is 2.26. The fourth-order valence-corrected chi connectivity index (χ4v) is 2.49. The smallest absolute Gasteiger partial charge is 0.409 e. The van der Waals surface area contributed by atoms with Gasteiger partial charge in [0, 0.05) is 31.7 Å². The van der Waals surface area contributed by atoms with E-state index in [0.717, 1.165) is 5.56 Å². The predicted octanol–water partition coefficient (Wildman–Crippen LogP) is 0.712. The zero-order valence-electron chi connectivity index (χ0n) is 12.2. The molecule has 2 amide bonds. The van der Waals surface area contributed by atoms with Gasteiger partial charge in [0.25, 0.3) is 5.91 Å². The zero-order chi connectivity index (χ0) is 15.2. The molecule has 0 saturated carbocycles. The van der Waals surface area contributed by atoms with Crippen molar-refractivity contribution in [2.45, 2.75) is 6.42 Å². The van der Waals surface area contributed by atoms with Gasteiger partial charge in [-0.25, -0.2) is 4.79 Å². The van der Waals surface area contributed by atoms with Gasteiger partial charge in [-0.3, -0.25) is 4.79 Å². The third-order valence-electron chi connectivity index (χ3n) is 3.66. The summed E-state index contributed by atoms with van der Waals surface area (Å²) in [5.41, 5.74) is 7.27. The summed E-state index contributed by atoms with van der Waals surface area (Å²) in [5.74, 6) is 0.00330. The van der Waals surface area contributed by atoms with Crippen LogP contribution >= 0.6 is 0 Å². The van der Waals surface area contributed by atoms with E-state index in [2.05, 4.69) is 0 Å². The normalized spacial score (nSPS) is 15.0. The third-order valence-corrected chi connectivity index (χ3v) is 3.66. The number of amides is 2. The van der Waals surface area contributed by atoms with E-state index in [0.29, 0.717) is 44.7 Å². The summed E-state index contributed by atoms with van der Waals surface area (Å²) in [6, 6.07) is 7.54. The Bertz CT molecular complexity index is 511. The maximum atomic E-state index is 12.6. The second-order valence-corrected chi connectivity index (χ2v) is 4.95. The van der Waals surface area contributed by atoms with Crippen LogP contribution in [-0.2, 0) is 11.2 Å². The van der Waals surface area contributed by atoms with Gasteiger partial charge in [0.15, 0.2) is 0 Å². The van der Waals surface area contributed by atoms with Crippen molar-refractivity contribution in [3.63, 3.8) is 0 Å². The van der Waals surface area contributed by atoms with Crippen LogP contribution in [0.1, 0.15) is 15.9 Å². The number of carbonyl (C=O) groups excluding carboxylic acids is 2. The molecule has 1 heterocycles. The van der Waals surface area contributed by atoms with E-state index < -0.39 is 0 Å². The first-order valence-electron chi connectivity index (χ1n) is 7.07. The maximum absolute atomic E-state index is 12.6. The Morgan fingerprint density at radius 1 is 1.14 bits per heavy atom. The van der Waals surface area contributed by atoms with Crippen LogP contribution in [0.5, 0.6) is 0 Å². The van der Waals surface area contributed by atoms with Crippen LogP contribution in [0.15, 0.2) is 24.3 Å². The van der Waals surface area contributed by atoms with Crippen molar-refractivity contribution >= 4 is 12.0 Å². The fraction of sp³-hybridized carbons (Fsp3) is 0.467. The molecule has 6 heteroatoms. The molecular formula is C15H21N3O3. The average Bonchev–Trinajstić information content (AvgIpc) is 2.54. The summed E-state index contributed by atoms with van der Waals surface area (Å²) in [6.07, 6.45) is 0.343. The molecule has 0 bridgehead atoms. The molecule has 2 rings (SSSR count). The van der Waals surface area contributed by atoms with Gasteiger partial charge in [0.05, 0.1) is 7.11 Å². The quantitative estimate of drug-likeness (QED) is 0.890. The van der Waals surface area contributed by atoms with E-state index in [4.69, 9.17) is 10.5 Å². The summed E-state index contributed by atoms with van der Waals surface area (Å²) < 4.78 is 4.69. The Hall–Kier alpha value is -2.08. The average molecular weight is 291 g/mol. The molecule has 21 heavy (non-hydrogen) atoms. The van der Waals surface area contributed by atoms with Crippen molar-refractivity contribution in [3.8, 4) is 0 Å². The fourth-order valence-electron chi connectivity index (χ4n) is 2.49. The lowest BCUT2D eigenvalue weighted by Gasteiger charge is -2.34. The molecule has 1 aliphatic rings. The van der Waals surface area contributed by atoms with E-state index in [1.165, 1.54) is 7.11 Å². The van der Waals surface area contributed by atoms with Crippen LogP contribution in [-0.4, -0.2) is 61.6 Å². The van der Waals surface area contributed by atoms with Gasteiger partial charge in [-0.1, -0.05) is 18.2 Å². The molecule has 1 aromatic carbocycles. The number of rotatable bonds is 3. The van der Waals surface area contributed by atoms with Gasteiger partial charge in [0.1, 0.15) is 0 Å². The summed E-state index contributed by atoms with van der Waals surface area (Å²) in [5, 5.41) is 0. The van der Waals surface area contributed by atoms with Crippen molar-refractivity contribution in [1.82, 2.24) is 9.80 Å². The molecule has 0 aliphatic carbocycles. The maximum Gasteiger partial charge on any atom is 0.409 e. The van der Waals surface area contributed by atoms with Crippen molar-refractivity contribution in [3.05, 3.63) is 35.4 Å². The molecule has 0 atom stereocenters. The number of benzene rings is 1. The highest BCUT2D eigenvalue weighted by atomic mass is 16.5. The van der Waals surface area contributed by atoms with E-state index in [9.17, 15) is 9.59 Å². The lowest BCUT2D eigenvalue weighted by molar-refractivity contribution is 0.0599. The van der Waals surface area contributed by atoms with E-state index in [1.807, 2.05) is 24.3 Å². The number of ether oxygens (including phenoxy) is 1. The van der Waals surface area contributed by atoms with Gasteiger partial charge in [-0.15, -0.1) is 0 Å². The number of nitrogens with zero attached hydrogens (tertiary/aromatic N) is 2. The second-order valence-electron chi connectivity index (χ2n) is 4.95. The third kappa shape index (κ3) is 3.52. The first kappa shape index (κ1) is 15.3. The summed E-state index contributed by atoms with van der Waals surface area (Å²) >= 11 is 0. The highest BCUT2D eigenvalue weighted by molar-refractivity contribution is 5.95. The number of methoxy groups -OCH3 is 1. The Morgan fingerprint density at radius 2 is 1.76 bits per heavy atom. The molecule has 1 aliphatic heterocycles. The number of hydrogen-bond acceptors (Lipinski definition) is 4. The van der Waals surface area contributed by atoms with Crippen LogP contribution < -0.4 is 5.73 Å². The predicted molar refractivity (Wildman–Crippen MR) is 79.1 cm³/mol. The van der Waals surface area contributed by atoms with Gasteiger partial charge < -0.3 is 20.3 Å². The molecule has 1 aromatic rings. The molecular weight excluding hydrogens is 270 g/mol. The minimum atomic E-state index is -0.342. The second kappa shape index (κ2) is 7.08. The van der Waals surface area contributed by atoms with E-state index in [-0.39, 0.29) is 12.0 Å². The first-order chi connectivity index (χ1) is 10.2. The van der Waals surface area contributed by atoms with Gasteiger partial charge >= 0.3 is 6.09 Å². The molecule has 6 nitrogen and oxygen atoms in total. The van der Waals surface area contributed by atoms with Crippen LogP contribution in [0.25, 0.3) is 0 Å². The topological polar surface area (TPSA) is 75.9 Å². The van der Waals surface area contributed by atoms with Gasteiger partial charge in [-0.05, 0) is 24.6 Å². The monoisotopic (exact) mass is 291 g/mol. The lowest BCUT2D eigenvalue weighted by Crippen LogP contribution is -2.50. The molecule has 0 aromatic heterocycles. The van der Waals surface area contributed by atoms with Crippen LogP contribution in [0, 0.1) is 0 Å². The number of hydrogen-bond donors (Lipinski definition) is 1. The Balaban J connectivity index is 2.04. The molecule has 1 fully saturated rings. The summed E-state index contributed by atoms with van der Waals surface area (Å²) in [7, 11) is 1.36. The van der Waals surface area contributed by atoms with Crippen LogP contribution in [0.2, 0.25) is 0 Å². The molecule has 1 saturated heterocycles. The summed E-state index contributed by atoms with van der Waals surface area (Å²) in [6.45, 7) is 2.55. The first-order valence-corrected chi connectivity index (χ1v) is 7.07. The van der Waals surface area contributed by atoms with Crippen molar-refractivity contribution in [2.75, 3.05) is 39.8 Å². The minimum absolute atomic E-state index is 0.00330. The van der Waals surface area contributed by atoms with E-state index >= 15 is 0 Å². The SMILES string of the molecule is COC(=O)N1CCN(C(=O)c2ccccc2CCN)CC1. The Morgan fingerprint density at radius 3 is 2.38 bits per heavy atom. The van der Waals surface area contributed by atoms with Crippen LogP contribution in [0.3, 0.4) is 0 Å². The summed E-state index contributed by atoms with van der Waals surface area (Å²) in [4.78, 5) is 27.4. The molecule has 0 spiro atoms. The van der Waals surface area contributed by atoms with Crippen LogP contribution in [0.4, 0.5) is 4.79 Å². The van der Waals surface area contributed by atoms with E-state index in [1.54, 1.807) is 9.80 Å². The van der Waals surface area contributed by atoms with Crippen molar-refractivity contribution in [2.24, 2.45) is 5.73 Å². The molecule has 114 valence electrons. The van der Waals surface area contributed by atoms with Crippen molar-refractivity contribution < 1.29 is 14.3 Å². The number of carbonyl (C=O) groups is 2. The standard InChI is InChI=1S/C15H21N3O3/c1-21-15(20)18-10-8-17(9-11-18)14(19)13-5-3-2-4-12(13)6-7-16/h2-5H,6-11,16H2,1H3. The molecule has 0 unspecified atom stereocenters. The number of nitrogens with two attached hydrogens (primary N) is 1. The molecule has 0 radical (unpaired) electrons. The Labute approximate surface area is 124 Å². The van der Waals surface area contributed by atoms with Gasteiger partial charge in [-0.2, -0.15) is 0 Å². The van der Waals surface area contributed by atoms with Crippen molar-refractivity contribution in [1.29, 1.82) is 0 Å². The molecule has 2 N–H and O–H groups in total. The number of piperazine rings is 1. The zero-order valence-corrected chi connectivity index (χ0v) is 12.2. The Kier molecular flexibility index (Phi) is 5.16.